The average Bonchev–Trinajstić information content (AvgIpc) is 2.76. The fourth-order valence-electron chi connectivity index (χ4n) is 3.41. The molecule has 1 aromatic rings. The van der Waals surface area contributed by atoms with Crippen molar-refractivity contribution in [3.63, 3.8) is 0 Å². The van der Waals surface area contributed by atoms with Crippen molar-refractivity contribution in [2.75, 3.05) is 39.3 Å². The van der Waals surface area contributed by atoms with Gasteiger partial charge in [0.1, 0.15) is 5.82 Å². The Bertz CT molecular complexity index is 444. The van der Waals surface area contributed by atoms with Crippen molar-refractivity contribution in [3.05, 3.63) is 23.8 Å². The Hall–Kier alpha value is -1.04. The summed E-state index contributed by atoms with van der Waals surface area (Å²) in [6.45, 7) is 9.44. The van der Waals surface area contributed by atoms with E-state index < -0.39 is 0 Å². The van der Waals surface area contributed by atoms with Gasteiger partial charge in [-0.2, -0.15) is 0 Å². The molecule has 0 spiro atoms. The number of nitrogens with zero attached hydrogens (tertiary/aromatic N) is 4. The zero-order chi connectivity index (χ0) is 15.2. The van der Waals surface area contributed by atoms with E-state index in [1.54, 1.807) is 0 Å². The first-order chi connectivity index (χ1) is 10.8. The highest BCUT2D eigenvalue weighted by molar-refractivity contribution is 5.04. The molecule has 5 heteroatoms. The van der Waals surface area contributed by atoms with Gasteiger partial charge in [-0.05, 0) is 39.3 Å². The van der Waals surface area contributed by atoms with Crippen molar-refractivity contribution in [2.45, 2.75) is 45.3 Å². The minimum atomic E-state index is 0.340. The third-order valence-corrected chi connectivity index (χ3v) is 4.59. The maximum Gasteiger partial charge on any atom is 0.125 e. The van der Waals surface area contributed by atoms with E-state index in [0.29, 0.717) is 6.10 Å². The minimum Gasteiger partial charge on any atom is -0.376 e. The molecule has 5 nitrogen and oxygen atoms in total. The Balaban J connectivity index is 1.53. The van der Waals surface area contributed by atoms with Gasteiger partial charge in [0, 0.05) is 50.7 Å². The van der Waals surface area contributed by atoms with Crippen molar-refractivity contribution in [1.29, 1.82) is 0 Å². The SMILES string of the molecule is Cc1ncc(CN2CCCO[C@H](CN3CCCCC3)C2)cn1. The molecule has 3 rings (SSSR count). The van der Waals surface area contributed by atoms with Crippen LogP contribution in [-0.2, 0) is 11.3 Å². The van der Waals surface area contributed by atoms with E-state index in [0.717, 1.165) is 45.0 Å². The molecule has 0 bridgehead atoms. The Kier molecular flexibility index (Phi) is 5.76. The molecule has 0 aromatic carbocycles. The number of rotatable bonds is 4. The molecule has 2 aliphatic rings. The van der Waals surface area contributed by atoms with E-state index in [1.165, 1.54) is 37.9 Å². The van der Waals surface area contributed by atoms with Gasteiger partial charge in [0.15, 0.2) is 0 Å². The van der Waals surface area contributed by atoms with Gasteiger partial charge in [0.2, 0.25) is 0 Å². The molecular formula is C17H28N4O. The highest BCUT2D eigenvalue weighted by Crippen LogP contribution is 2.14. The predicted octanol–water partition coefficient (Wildman–Crippen LogP) is 1.86. The highest BCUT2D eigenvalue weighted by atomic mass is 16.5. The Labute approximate surface area is 133 Å². The molecule has 2 aliphatic heterocycles. The summed E-state index contributed by atoms with van der Waals surface area (Å²) in [6, 6.07) is 0. The summed E-state index contributed by atoms with van der Waals surface area (Å²) in [5, 5.41) is 0. The maximum absolute atomic E-state index is 6.08. The van der Waals surface area contributed by atoms with Gasteiger partial charge < -0.3 is 9.64 Å². The van der Waals surface area contributed by atoms with Crippen LogP contribution in [0.2, 0.25) is 0 Å². The summed E-state index contributed by atoms with van der Waals surface area (Å²) >= 11 is 0. The Morgan fingerprint density at radius 3 is 2.55 bits per heavy atom. The number of hydrogen-bond acceptors (Lipinski definition) is 5. The van der Waals surface area contributed by atoms with Crippen LogP contribution in [0.15, 0.2) is 12.4 Å². The minimum absolute atomic E-state index is 0.340. The molecule has 2 fully saturated rings. The van der Waals surface area contributed by atoms with Crippen molar-refractivity contribution in [2.24, 2.45) is 0 Å². The number of hydrogen-bond donors (Lipinski definition) is 0. The molecule has 3 heterocycles. The second-order valence-electron chi connectivity index (χ2n) is 6.58. The number of aromatic nitrogens is 2. The molecule has 0 saturated carbocycles. The van der Waals surface area contributed by atoms with E-state index in [4.69, 9.17) is 4.74 Å². The molecule has 0 amide bonds. The van der Waals surface area contributed by atoms with E-state index in [-0.39, 0.29) is 0 Å². The first kappa shape index (κ1) is 15.8. The summed E-state index contributed by atoms with van der Waals surface area (Å²) < 4.78 is 6.08. The standard InChI is InChI=1S/C17H28N4O/c1-15-18-10-16(11-19-15)12-21-8-5-9-22-17(14-21)13-20-6-3-2-4-7-20/h10-11,17H,2-9,12-14H2,1H3/t17-/m1/s1. The topological polar surface area (TPSA) is 41.5 Å². The quantitative estimate of drug-likeness (QED) is 0.849. The number of likely N-dealkylation sites (tertiary alicyclic amines) is 1. The van der Waals surface area contributed by atoms with Crippen LogP contribution in [0.3, 0.4) is 0 Å². The van der Waals surface area contributed by atoms with Crippen LogP contribution in [0.25, 0.3) is 0 Å². The summed E-state index contributed by atoms with van der Waals surface area (Å²) in [4.78, 5) is 13.7. The van der Waals surface area contributed by atoms with Crippen LogP contribution in [0.5, 0.6) is 0 Å². The summed E-state index contributed by atoms with van der Waals surface area (Å²) in [6.07, 6.45) is 9.44. The summed E-state index contributed by atoms with van der Waals surface area (Å²) in [5.41, 5.74) is 1.20. The lowest BCUT2D eigenvalue weighted by Crippen LogP contribution is -2.42. The van der Waals surface area contributed by atoms with E-state index in [1.807, 2.05) is 19.3 Å². The lowest BCUT2D eigenvalue weighted by atomic mass is 10.1. The normalized spacial score (nSPS) is 25.0. The third-order valence-electron chi connectivity index (χ3n) is 4.59. The fraction of sp³-hybridized carbons (Fsp3) is 0.765. The summed E-state index contributed by atoms with van der Waals surface area (Å²) in [5.74, 6) is 0.839. The molecule has 22 heavy (non-hydrogen) atoms. The predicted molar refractivity (Wildman–Crippen MR) is 86.7 cm³/mol. The smallest absolute Gasteiger partial charge is 0.125 e. The van der Waals surface area contributed by atoms with Crippen LogP contribution in [0, 0.1) is 6.92 Å². The van der Waals surface area contributed by atoms with Gasteiger partial charge in [0.05, 0.1) is 6.10 Å². The van der Waals surface area contributed by atoms with Gasteiger partial charge in [-0.25, -0.2) is 9.97 Å². The van der Waals surface area contributed by atoms with E-state index >= 15 is 0 Å². The molecule has 0 radical (unpaired) electrons. The molecule has 2 saturated heterocycles. The molecule has 0 aliphatic carbocycles. The lowest BCUT2D eigenvalue weighted by Gasteiger charge is -2.31. The first-order valence-corrected chi connectivity index (χ1v) is 8.63. The maximum atomic E-state index is 6.08. The van der Waals surface area contributed by atoms with Gasteiger partial charge in [-0.1, -0.05) is 6.42 Å². The van der Waals surface area contributed by atoms with Crippen LogP contribution in [0.1, 0.15) is 37.1 Å². The molecular weight excluding hydrogens is 276 g/mol. The molecule has 1 aromatic heterocycles. The van der Waals surface area contributed by atoms with Gasteiger partial charge in [-0.3, -0.25) is 4.90 Å². The highest BCUT2D eigenvalue weighted by Gasteiger charge is 2.22. The van der Waals surface area contributed by atoms with Crippen molar-refractivity contribution in [3.8, 4) is 0 Å². The van der Waals surface area contributed by atoms with E-state index in [9.17, 15) is 0 Å². The Morgan fingerprint density at radius 2 is 1.77 bits per heavy atom. The zero-order valence-electron chi connectivity index (χ0n) is 13.7. The molecule has 1 atom stereocenters. The molecule has 0 N–H and O–H groups in total. The average molecular weight is 304 g/mol. The summed E-state index contributed by atoms with van der Waals surface area (Å²) in [7, 11) is 0. The van der Waals surface area contributed by atoms with Gasteiger partial charge in [0.25, 0.3) is 0 Å². The van der Waals surface area contributed by atoms with Crippen molar-refractivity contribution >= 4 is 0 Å². The van der Waals surface area contributed by atoms with Crippen LogP contribution in [0.4, 0.5) is 0 Å². The van der Waals surface area contributed by atoms with Gasteiger partial charge in [-0.15, -0.1) is 0 Å². The van der Waals surface area contributed by atoms with E-state index in [2.05, 4.69) is 19.8 Å². The van der Waals surface area contributed by atoms with Crippen LogP contribution < -0.4 is 0 Å². The van der Waals surface area contributed by atoms with Crippen LogP contribution in [-0.4, -0.2) is 65.2 Å². The zero-order valence-corrected chi connectivity index (χ0v) is 13.7. The van der Waals surface area contributed by atoms with Crippen LogP contribution >= 0.6 is 0 Å². The lowest BCUT2D eigenvalue weighted by molar-refractivity contribution is 0.0216. The molecule has 0 unspecified atom stereocenters. The largest absolute Gasteiger partial charge is 0.376 e. The monoisotopic (exact) mass is 304 g/mol. The fourth-order valence-corrected chi connectivity index (χ4v) is 3.41. The van der Waals surface area contributed by atoms with Gasteiger partial charge >= 0.3 is 0 Å². The molecule has 122 valence electrons. The second kappa shape index (κ2) is 7.99. The van der Waals surface area contributed by atoms with Crippen molar-refractivity contribution < 1.29 is 4.74 Å². The second-order valence-corrected chi connectivity index (χ2v) is 6.58. The number of ether oxygens (including phenoxy) is 1. The first-order valence-electron chi connectivity index (χ1n) is 8.63. The third kappa shape index (κ3) is 4.73. The number of piperidine rings is 1. The van der Waals surface area contributed by atoms with Crippen molar-refractivity contribution in [1.82, 2.24) is 19.8 Å². The number of aryl methyl sites for hydroxylation is 1. The Morgan fingerprint density at radius 1 is 1.05 bits per heavy atom.